The minimum atomic E-state index is -0.371. The third-order valence-electron chi connectivity index (χ3n) is 2.69. The van der Waals surface area contributed by atoms with Crippen molar-refractivity contribution in [1.82, 2.24) is 5.43 Å². The molecule has 0 bridgehead atoms. The van der Waals surface area contributed by atoms with Crippen LogP contribution in [0.15, 0.2) is 58.5 Å². The molecule has 108 valence electrons. The second-order valence-electron chi connectivity index (χ2n) is 4.42. The number of carbonyl (C=O) groups is 1. The third kappa shape index (κ3) is 5.04. The topological polar surface area (TPSA) is 41.5 Å². The number of carbonyl (C=O) groups excluding carboxylic acids is 1. The Labute approximate surface area is 127 Å². The van der Waals surface area contributed by atoms with E-state index in [1.165, 1.54) is 29.6 Å². The molecule has 2 aromatic carbocycles. The van der Waals surface area contributed by atoms with Gasteiger partial charge < -0.3 is 0 Å². The monoisotopic (exact) mass is 302 g/mol. The van der Waals surface area contributed by atoms with E-state index in [0.29, 0.717) is 5.56 Å². The summed E-state index contributed by atoms with van der Waals surface area (Å²) in [6.07, 6.45) is 1.30. The van der Waals surface area contributed by atoms with Gasteiger partial charge in [-0.1, -0.05) is 35.9 Å². The molecule has 0 aromatic heterocycles. The SMILES string of the molecule is Cc1ccc(SCC(=O)N/N=C\c2ccccc2F)cc1. The number of halogens is 1. The highest BCUT2D eigenvalue weighted by Crippen LogP contribution is 2.17. The van der Waals surface area contributed by atoms with E-state index in [2.05, 4.69) is 10.5 Å². The first-order chi connectivity index (χ1) is 10.1. The lowest BCUT2D eigenvalue weighted by Crippen LogP contribution is -2.19. The van der Waals surface area contributed by atoms with Gasteiger partial charge >= 0.3 is 0 Å². The van der Waals surface area contributed by atoms with Crippen molar-refractivity contribution in [3.63, 3.8) is 0 Å². The lowest BCUT2D eigenvalue weighted by molar-refractivity contribution is -0.118. The van der Waals surface area contributed by atoms with Gasteiger partial charge in [-0.2, -0.15) is 5.10 Å². The van der Waals surface area contributed by atoms with Crippen LogP contribution in [-0.2, 0) is 4.79 Å². The molecule has 1 amide bonds. The number of aryl methyl sites for hydroxylation is 1. The Balaban J connectivity index is 1.80. The molecular formula is C16H15FN2OS. The summed E-state index contributed by atoms with van der Waals surface area (Å²) in [4.78, 5) is 12.6. The molecule has 0 saturated carbocycles. The van der Waals surface area contributed by atoms with E-state index >= 15 is 0 Å². The number of hydrogen-bond acceptors (Lipinski definition) is 3. The minimum Gasteiger partial charge on any atom is -0.272 e. The predicted molar refractivity (Wildman–Crippen MR) is 84.0 cm³/mol. The highest BCUT2D eigenvalue weighted by Gasteiger charge is 2.02. The number of hydrazone groups is 1. The molecule has 0 aliphatic rings. The summed E-state index contributed by atoms with van der Waals surface area (Å²) < 4.78 is 13.3. The first-order valence-electron chi connectivity index (χ1n) is 6.41. The second kappa shape index (κ2) is 7.59. The van der Waals surface area contributed by atoms with Gasteiger partial charge in [0.05, 0.1) is 12.0 Å². The summed E-state index contributed by atoms with van der Waals surface area (Å²) in [6.45, 7) is 2.01. The molecule has 3 nitrogen and oxygen atoms in total. The van der Waals surface area contributed by atoms with Crippen LogP contribution >= 0.6 is 11.8 Å². The van der Waals surface area contributed by atoms with E-state index in [-0.39, 0.29) is 17.5 Å². The lowest BCUT2D eigenvalue weighted by atomic mass is 10.2. The first-order valence-corrected chi connectivity index (χ1v) is 7.39. The molecule has 1 N–H and O–H groups in total. The molecule has 0 unspecified atom stereocenters. The number of hydrogen-bond donors (Lipinski definition) is 1. The van der Waals surface area contributed by atoms with E-state index < -0.39 is 0 Å². The van der Waals surface area contributed by atoms with Crippen molar-refractivity contribution in [3.8, 4) is 0 Å². The van der Waals surface area contributed by atoms with Crippen LogP contribution in [0.4, 0.5) is 4.39 Å². The van der Waals surface area contributed by atoms with E-state index in [0.717, 1.165) is 4.90 Å². The smallest absolute Gasteiger partial charge is 0.250 e. The molecule has 0 spiro atoms. The summed E-state index contributed by atoms with van der Waals surface area (Å²) in [5.41, 5.74) is 3.90. The van der Waals surface area contributed by atoms with Crippen LogP contribution in [0.3, 0.4) is 0 Å². The van der Waals surface area contributed by atoms with Gasteiger partial charge in [-0.15, -0.1) is 11.8 Å². The van der Waals surface area contributed by atoms with Crippen LogP contribution in [-0.4, -0.2) is 17.9 Å². The number of nitrogens with zero attached hydrogens (tertiary/aromatic N) is 1. The van der Waals surface area contributed by atoms with Gasteiger partial charge in [0.25, 0.3) is 0 Å². The van der Waals surface area contributed by atoms with E-state index in [1.807, 2.05) is 31.2 Å². The number of amides is 1. The fourth-order valence-electron chi connectivity index (χ4n) is 1.57. The molecule has 2 rings (SSSR count). The third-order valence-corrected chi connectivity index (χ3v) is 3.70. The molecule has 0 atom stereocenters. The Morgan fingerprint density at radius 3 is 2.67 bits per heavy atom. The molecule has 0 aliphatic carbocycles. The summed E-state index contributed by atoms with van der Waals surface area (Å²) in [5, 5.41) is 3.75. The fourth-order valence-corrected chi connectivity index (χ4v) is 2.26. The standard InChI is InChI=1S/C16H15FN2OS/c1-12-6-8-14(9-7-12)21-11-16(20)19-18-10-13-4-2-3-5-15(13)17/h2-10H,11H2,1H3,(H,19,20)/b18-10-. The molecule has 21 heavy (non-hydrogen) atoms. The van der Waals surface area contributed by atoms with Crippen LogP contribution < -0.4 is 5.43 Å². The van der Waals surface area contributed by atoms with Gasteiger partial charge in [-0.05, 0) is 25.1 Å². The van der Waals surface area contributed by atoms with Gasteiger partial charge in [0.2, 0.25) is 5.91 Å². The Bertz CT molecular complexity index is 641. The van der Waals surface area contributed by atoms with Crippen LogP contribution in [0.25, 0.3) is 0 Å². The predicted octanol–water partition coefficient (Wildman–Crippen LogP) is 3.38. The summed E-state index contributed by atoms with van der Waals surface area (Å²) in [5.74, 6) is -0.338. The van der Waals surface area contributed by atoms with E-state index in [4.69, 9.17) is 0 Å². The van der Waals surface area contributed by atoms with Crippen molar-refractivity contribution < 1.29 is 9.18 Å². The van der Waals surface area contributed by atoms with Gasteiger partial charge in [-0.25, -0.2) is 9.82 Å². The number of benzene rings is 2. The van der Waals surface area contributed by atoms with E-state index in [9.17, 15) is 9.18 Å². The van der Waals surface area contributed by atoms with Gasteiger partial charge in [0, 0.05) is 10.5 Å². The molecular weight excluding hydrogens is 287 g/mol. The first kappa shape index (κ1) is 15.3. The molecule has 2 aromatic rings. The number of rotatable bonds is 5. The van der Waals surface area contributed by atoms with Gasteiger partial charge in [0.15, 0.2) is 0 Å². The molecule has 5 heteroatoms. The van der Waals surface area contributed by atoms with Crippen molar-refractivity contribution in [2.75, 3.05) is 5.75 Å². The highest BCUT2D eigenvalue weighted by molar-refractivity contribution is 8.00. The summed E-state index contributed by atoms with van der Waals surface area (Å²) in [7, 11) is 0. The quantitative estimate of drug-likeness (QED) is 0.522. The van der Waals surface area contributed by atoms with Crippen molar-refractivity contribution >= 4 is 23.9 Å². The fraction of sp³-hybridized carbons (Fsp3) is 0.125. The van der Waals surface area contributed by atoms with Crippen molar-refractivity contribution in [1.29, 1.82) is 0 Å². The molecule has 0 fully saturated rings. The van der Waals surface area contributed by atoms with Crippen molar-refractivity contribution in [2.45, 2.75) is 11.8 Å². The molecule has 0 saturated heterocycles. The van der Waals surface area contributed by atoms with Gasteiger partial charge in [0.1, 0.15) is 5.82 Å². The maximum atomic E-state index is 13.3. The van der Waals surface area contributed by atoms with Crippen LogP contribution in [0.1, 0.15) is 11.1 Å². The van der Waals surface area contributed by atoms with E-state index in [1.54, 1.807) is 18.2 Å². The summed E-state index contributed by atoms with van der Waals surface area (Å²) in [6, 6.07) is 14.2. The average Bonchev–Trinajstić information content (AvgIpc) is 2.49. The molecule has 0 radical (unpaired) electrons. The largest absolute Gasteiger partial charge is 0.272 e. The Morgan fingerprint density at radius 2 is 1.95 bits per heavy atom. The van der Waals surface area contributed by atoms with Crippen molar-refractivity contribution in [2.24, 2.45) is 5.10 Å². The molecule has 0 heterocycles. The van der Waals surface area contributed by atoms with Gasteiger partial charge in [-0.3, -0.25) is 4.79 Å². The Morgan fingerprint density at radius 1 is 1.24 bits per heavy atom. The maximum Gasteiger partial charge on any atom is 0.250 e. The van der Waals surface area contributed by atoms with Crippen LogP contribution in [0.5, 0.6) is 0 Å². The summed E-state index contributed by atoms with van der Waals surface area (Å²) >= 11 is 1.43. The molecule has 0 aliphatic heterocycles. The number of nitrogens with one attached hydrogen (secondary N) is 1. The minimum absolute atomic E-state index is 0.229. The average molecular weight is 302 g/mol. The number of thioether (sulfide) groups is 1. The second-order valence-corrected chi connectivity index (χ2v) is 5.47. The normalized spacial score (nSPS) is 10.8. The zero-order chi connectivity index (χ0) is 15.1. The van der Waals surface area contributed by atoms with Crippen molar-refractivity contribution in [3.05, 3.63) is 65.5 Å². The zero-order valence-electron chi connectivity index (χ0n) is 11.5. The van der Waals surface area contributed by atoms with Crippen LogP contribution in [0.2, 0.25) is 0 Å². The zero-order valence-corrected chi connectivity index (χ0v) is 12.4. The Kier molecular flexibility index (Phi) is 5.51. The Hall–Kier alpha value is -2.14. The lowest BCUT2D eigenvalue weighted by Gasteiger charge is -2.01. The highest BCUT2D eigenvalue weighted by atomic mass is 32.2. The maximum absolute atomic E-state index is 13.3. The van der Waals surface area contributed by atoms with Crippen LogP contribution in [0, 0.1) is 12.7 Å².